The van der Waals surface area contributed by atoms with Gasteiger partial charge in [0.2, 0.25) is 0 Å². The molecule has 4 rings (SSSR count). The van der Waals surface area contributed by atoms with Gasteiger partial charge in [-0.15, -0.1) is 0 Å². The second-order valence-electron chi connectivity index (χ2n) is 11.9. The van der Waals surface area contributed by atoms with Gasteiger partial charge in [0.05, 0.1) is 11.7 Å². The summed E-state index contributed by atoms with van der Waals surface area (Å²) in [4.78, 5) is 4.59. The van der Waals surface area contributed by atoms with Crippen LogP contribution in [0.5, 0.6) is 5.75 Å². The highest BCUT2D eigenvalue weighted by atomic mass is 35.5. The molecule has 192 valence electrons. The first-order chi connectivity index (χ1) is 16.9. The predicted octanol–water partition coefficient (Wildman–Crippen LogP) is 7.69. The van der Waals surface area contributed by atoms with Crippen LogP contribution in [0.15, 0.2) is 60.7 Å². The number of para-hydroxylation sites is 1. The molecule has 0 amide bonds. The van der Waals surface area contributed by atoms with Crippen LogP contribution in [0.2, 0.25) is 5.02 Å². The van der Waals surface area contributed by atoms with Gasteiger partial charge in [-0.05, 0) is 69.5 Å². The number of halogens is 2. The number of rotatable bonds is 4. The third kappa shape index (κ3) is 5.55. The van der Waals surface area contributed by atoms with E-state index in [4.69, 9.17) is 11.6 Å². The van der Waals surface area contributed by atoms with Gasteiger partial charge in [-0.1, -0.05) is 77.4 Å². The van der Waals surface area contributed by atoms with Crippen LogP contribution >= 0.6 is 11.6 Å². The second-order valence-corrected chi connectivity index (χ2v) is 12.3. The summed E-state index contributed by atoms with van der Waals surface area (Å²) in [6.45, 7) is 15.9. The van der Waals surface area contributed by atoms with E-state index >= 15 is 0 Å². The first-order valence-electron chi connectivity index (χ1n) is 12.7. The fourth-order valence-electron chi connectivity index (χ4n) is 5.15. The summed E-state index contributed by atoms with van der Waals surface area (Å²) < 4.78 is 14.5. The Kier molecular flexibility index (Phi) is 7.41. The van der Waals surface area contributed by atoms with Crippen LogP contribution < -0.4 is 4.90 Å². The van der Waals surface area contributed by atoms with E-state index in [2.05, 4.69) is 75.6 Å². The van der Waals surface area contributed by atoms with Gasteiger partial charge in [-0.25, -0.2) is 4.39 Å². The Morgan fingerprint density at radius 1 is 0.778 bits per heavy atom. The molecule has 1 aliphatic rings. The number of hydrogen-bond donors (Lipinski definition) is 1. The number of phenols is 1. The van der Waals surface area contributed by atoms with Crippen molar-refractivity contribution in [2.45, 2.75) is 58.4 Å². The number of aromatic hydroxyl groups is 1. The van der Waals surface area contributed by atoms with Crippen molar-refractivity contribution in [2.75, 3.05) is 31.1 Å². The summed E-state index contributed by atoms with van der Waals surface area (Å²) in [7, 11) is 0. The van der Waals surface area contributed by atoms with E-state index in [0.29, 0.717) is 16.5 Å². The minimum absolute atomic E-state index is 0.00663. The zero-order valence-corrected chi connectivity index (χ0v) is 23.0. The van der Waals surface area contributed by atoms with Crippen molar-refractivity contribution < 1.29 is 9.50 Å². The fraction of sp³-hybridized carbons (Fsp3) is 0.419. The maximum atomic E-state index is 14.5. The zero-order valence-electron chi connectivity index (χ0n) is 22.3. The molecule has 0 aliphatic carbocycles. The van der Waals surface area contributed by atoms with Gasteiger partial charge >= 0.3 is 0 Å². The Bertz CT molecular complexity index is 1170. The van der Waals surface area contributed by atoms with E-state index in [-0.39, 0.29) is 22.7 Å². The lowest BCUT2D eigenvalue weighted by molar-refractivity contribution is 0.211. The van der Waals surface area contributed by atoms with Gasteiger partial charge in [0.1, 0.15) is 11.6 Å². The highest BCUT2D eigenvalue weighted by Gasteiger charge is 2.32. The fourth-order valence-corrected chi connectivity index (χ4v) is 5.27. The van der Waals surface area contributed by atoms with E-state index in [1.807, 2.05) is 24.3 Å². The first-order valence-corrected chi connectivity index (χ1v) is 13.1. The van der Waals surface area contributed by atoms with Crippen molar-refractivity contribution in [1.29, 1.82) is 0 Å². The summed E-state index contributed by atoms with van der Waals surface area (Å²) in [6.07, 6.45) is 0. The number of benzene rings is 3. The van der Waals surface area contributed by atoms with Crippen molar-refractivity contribution in [3.63, 3.8) is 0 Å². The Hall–Kier alpha value is -2.56. The molecule has 1 saturated heterocycles. The number of piperazine rings is 1. The third-order valence-electron chi connectivity index (χ3n) is 7.12. The molecule has 3 aromatic rings. The normalized spacial score (nSPS) is 16.3. The van der Waals surface area contributed by atoms with E-state index in [9.17, 15) is 9.50 Å². The molecule has 0 saturated carbocycles. The van der Waals surface area contributed by atoms with Crippen molar-refractivity contribution in [2.24, 2.45) is 0 Å². The van der Waals surface area contributed by atoms with Crippen LogP contribution in [0.4, 0.5) is 10.1 Å². The summed E-state index contributed by atoms with van der Waals surface area (Å²) >= 11 is 6.25. The van der Waals surface area contributed by atoms with Gasteiger partial charge < -0.3 is 10.0 Å². The average Bonchev–Trinajstić information content (AvgIpc) is 2.81. The molecule has 1 unspecified atom stereocenters. The van der Waals surface area contributed by atoms with E-state index in [1.165, 1.54) is 6.07 Å². The van der Waals surface area contributed by atoms with Gasteiger partial charge in [0.15, 0.2) is 0 Å². The topological polar surface area (TPSA) is 26.7 Å². The van der Waals surface area contributed by atoms with Gasteiger partial charge in [-0.3, -0.25) is 4.90 Å². The van der Waals surface area contributed by atoms with Crippen LogP contribution in [-0.4, -0.2) is 36.2 Å². The number of nitrogens with zero attached hydrogens (tertiary/aromatic N) is 2. The van der Waals surface area contributed by atoms with Crippen molar-refractivity contribution in [1.82, 2.24) is 4.90 Å². The minimum Gasteiger partial charge on any atom is -0.507 e. The zero-order chi connectivity index (χ0) is 26.3. The lowest BCUT2D eigenvalue weighted by Crippen LogP contribution is -2.48. The number of hydrogen-bond acceptors (Lipinski definition) is 3. The molecular formula is C31H38ClFN2O. The maximum absolute atomic E-state index is 14.5. The summed E-state index contributed by atoms with van der Waals surface area (Å²) in [5.41, 5.74) is 4.45. The molecule has 1 fully saturated rings. The van der Waals surface area contributed by atoms with Crippen LogP contribution in [0, 0.1) is 5.82 Å². The van der Waals surface area contributed by atoms with Crippen LogP contribution in [-0.2, 0) is 10.8 Å². The Morgan fingerprint density at radius 2 is 1.31 bits per heavy atom. The van der Waals surface area contributed by atoms with E-state index in [1.54, 1.807) is 6.07 Å². The molecule has 3 nitrogen and oxygen atoms in total. The smallest absolute Gasteiger partial charge is 0.146 e. The Labute approximate surface area is 220 Å². The minimum atomic E-state index is -0.214. The summed E-state index contributed by atoms with van der Waals surface area (Å²) in [6, 6.07) is 19.4. The number of anilines is 1. The highest BCUT2D eigenvalue weighted by Crippen LogP contribution is 2.43. The van der Waals surface area contributed by atoms with Crippen molar-refractivity contribution in [3.8, 4) is 5.75 Å². The lowest BCUT2D eigenvalue weighted by atomic mass is 9.77. The Morgan fingerprint density at radius 3 is 1.81 bits per heavy atom. The first kappa shape index (κ1) is 26.5. The molecule has 1 N–H and O–H groups in total. The van der Waals surface area contributed by atoms with Gasteiger partial charge in [-0.2, -0.15) is 0 Å². The molecule has 0 radical (unpaired) electrons. The van der Waals surface area contributed by atoms with Crippen LogP contribution in [0.1, 0.15) is 69.8 Å². The lowest BCUT2D eigenvalue weighted by Gasteiger charge is -2.41. The highest BCUT2D eigenvalue weighted by molar-refractivity contribution is 6.30. The molecule has 36 heavy (non-hydrogen) atoms. The molecule has 1 atom stereocenters. The molecular weight excluding hydrogens is 471 g/mol. The standard InChI is InChI=1S/C31H38ClFN2O/c1-30(2,3)24-19-22(20-25(29(24)36)31(4,5)6)28(21-11-13-23(32)14-12-21)35-17-15-34(16-18-35)27-10-8-7-9-26(27)33/h7-14,19-20,28,36H,15-18H2,1-6H3. The Balaban J connectivity index is 1.77. The molecule has 0 aromatic heterocycles. The number of phenolic OH excluding ortho intramolecular Hbond substituents is 1. The van der Waals surface area contributed by atoms with Crippen molar-refractivity contribution >= 4 is 17.3 Å². The predicted molar refractivity (Wildman–Crippen MR) is 149 cm³/mol. The largest absolute Gasteiger partial charge is 0.507 e. The SMILES string of the molecule is CC(C)(C)c1cc(C(c2ccc(Cl)cc2)N2CCN(c3ccccc3F)CC2)cc(C(C)(C)C)c1O. The monoisotopic (exact) mass is 508 g/mol. The van der Waals surface area contributed by atoms with Gasteiger partial charge in [0, 0.05) is 31.2 Å². The summed E-state index contributed by atoms with van der Waals surface area (Å²) in [5, 5.41) is 12.0. The second kappa shape index (κ2) is 10.1. The summed E-state index contributed by atoms with van der Waals surface area (Å²) in [5.74, 6) is 0.210. The third-order valence-corrected chi connectivity index (χ3v) is 7.37. The van der Waals surface area contributed by atoms with Gasteiger partial charge in [0.25, 0.3) is 0 Å². The quantitative estimate of drug-likeness (QED) is 0.391. The molecule has 0 spiro atoms. The van der Waals surface area contributed by atoms with Crippen LogP contribution in [0.3, 0.4) is 0 Å². The van der Waals surface area contributed by atoms with E-state index < -0.39 is 0 Å². The molecule has 1 aliphatic heterocycles. The van der Waals surface area contributed by atoms with Crippen LogP contribution in [0.25, 0.3) is 0 Å². The maximum Gasteiger partial charge on any atom is 0.146 e. The average molecular weight is 509 g/mol. The molecule has 3 aromatic carbocycles. The molecule has 0 bridgehead atoms. The van der Waals surface area contributed by atoms with Crippen molar-refractivity contribution in [3.05, 3.63) is 93.8 Å². The van der Waals surface area contributed by atoms with E-state index in [0.717, 1.165) is 48.4 Å². The molecule has 1 heterocycles. The molecule has 5 heteroatoms.